The predicted octanol–water partition coefficient (Wildman–Crippen LogP) is -0.535. The van der Waals surface area contributed by atoms with Crippen molar-refractivity contribution in [1.29, 1.82) is 0 Å². The second kappa shape index (κ2) is 4.83. The molecular formula is C8H11N3O2S. The topological polar surface area (TPSA) is 85.1 Å². The summed E-state index contributed by atoms with van der Waals surface area (Å²) < 4.78 is 11.3. The average Bonchev–Trinajstić information content (AvgIpc) is 2.27. The summed E-state index contributed by atoms with van der Waals surface area (Å²) >= 11 is 0. The number of carbonyl (C=O) groups excluding carboxylic acids is 1. The molecule has 0 aromatic carbocycles. The van der Waals surface area contributed by atoms with Crippen LogP contribution in [0.2, 0.25) is 0 Å². The summed E-state index contributed by atoms with van der Waals surface area (Å²) in [5.74, 6) is -0.301. The van der Waals surface area contributed by atoms with E-state index >= 15 is 0 Å². The lowest BCUT2D eigenvalue weighted by atomic mass is 10.3. The molecule has 0 aliphatic carbocycles. The third-order valence-electron chi connectivity index (χ3n) is 1.57. The van der Waals surface area contributed by atoms with Gasteiger partial charge >= 0.3 is 0 Å². The Morgan fingerprint density at radius 1 is 1.64 bits per heavy atom. The summed E-state index contributed by atoms with van der Waals surface area (Å²) in [7, 11) is 0.178. The van der Waals surface area contributed by atoms with Crippen LogP contribution >= 0.6 is 0 Å². The van der Waals surface area contributed by atoms with Gasteiger partial charge in [0.2, 0.25) is 0 Å². The van der Waals surface area contributed by atoms with Crippen molar-refractivity contribution in [3.8, 4) is 0 Å². The molecule has 0 saturated carbocycles. The van der Waals surface area contributed by atoms with Gasteiger partial charge in [-0.2, -0.15) is 0 Å². The van der Waals surface area contributed by atoms with Gasteiger partial charge in [0.1, 0.15) is 10.7 Å². The molecule has 0 aliphatic heterocycles. The summed E-state index contributed by atoms with van der Waals surface area (Å²) in [5.41, 5.74) is 5.46. The van der Waals surface area contributed by atoms with Gasteiger partial charge in [0.25, 0.3) is 5.91 Å². The highest BCUT2D eigenvalue weighted by Crippen LogP contribution is 2.03. The Kier molecular flexibility index (Phi) is 3.73. The van der Waals surface area contributed by atoms with E-state index in [0.29, 0.717) is 5.03 Å². The van der Waals surface area contributed by atoms with Gasteiger partial charge in [0, 0.05) is 7.05 Å². The van der Waals surface area contributed by atoms with Gasteiger partial charge < -0.3 is 11.1 Å². The van der Waals surface area contributed by atoms with Crippen LogP contribution < -0.4 is 11.1 Å². The van der Waals surface area contributed by atoms with Crippen molar-refractivity contribution in [2.75, 3.05) is 12.9 Å². The first kappa shape index (κ1) is 10.8. The van der Waals surface area contributed by atoms with Crippen LogP contribution in [0.15, 0.2) is 23.2 Å². The zero-order valence-corrected chi connectivity index (χ0v) is 8.50. The maximum Gasteiger partial charge on any atom is 0.269 e. The molecule has 1 amide bonds. The summed E-state index contributed by atoms with van der Waals surface area (Å²) in [6.07, 6.45) is 0. The van der Waals surface area contributed by atoms with Gasteiger partial charge in [-0.25, -0.2) is 4.98 Å². The van der Waals surface area contributed by atoms with E-state index in [2.05, 4.69) is 10.3 Å². The van der Waals surface area contributed by atoms with E-state index in [9.17, 15) is 9.00 Å². The number of pyridine rings is 1. The molecule has 76 valence electrons. The van der Waals surface area contributed by atoms with E-state index in [1.807, 2.05) is 0 Å². The smallest absolute Gasteiger partial charge is 0.269 e. The molecule has 6 heteroatoms. The van der Waals surface area contributed by atoms with Gasteiger partial charge in [0.05, 0.1) is 16.7 Å². The molecule has 1 unspecified atom stereocenters. The Balaban J connectivity index is 3.01. The number of nitrogens with two attached hydrogens (primary N) is 1. The van der Waals surface area contributed by atoms with Crippen molar-refractivity contribution >= 4 is 16.7 Å². The van der Waals surface area contributed by atoms with Crippen LogP contribution in [0, 0.1) is 0 Å². The maximum absolute atomic E-state index is 11.3. The van der Waals surface area contributed by atoms with Crippen LogP contribution in [0.4, 0.5) is 0 Å². The number of rotatable bonds is 3. The molecule has 3 N–H and O–H groups in total. The number of nitrogens with zero attached hydrogens (tertiary/aromatic N) is 1. The summed E-state index contributed by atoms with van der Waals surface area (Å²) in [6.45, 7) is 0. The lowest BCUT2D eigenvalue weighted by Gasteiger charge is -2.01. The fourth-order valence-electron chi connectivity index (χ4n) is 0.882. The van der Waals surface area contributed by atoms with Crippen LogP contribution in [-0.4, -0.2) is 28.0 Å². The molecule has 0 bridgehead atoms. The molecule has 1 aromatic heterocycles. The number of hydrogen-bond donors (Lipinski definition) is 2. The highest BCUT2D eigenvalue weighted by molar-refractivity contribution is 7.84. The van der Waals surface area contributed by atoms with Crippen LogP contribution in [0.25, 0.3) is 0 Å². The quantitative estimate of drug-likeness (QED) is 0.706. The zero-order valence-electron chi connectivity index (χ0n) is 7.69. The van der Waals surface area contributed by atoms with Crippen molar-refractivity contribution in [2.45, 2.75) is 5.03 Å². The second-order valence-electron chi connectivity index (χ2n) is 2.45. The van der Waals surface area contributed by atoms with Crippen LogP contribution in [0.1, 0.15) is 10.5 Å². The zero-order chi connectivity index (χ0) is 10.6. The monoisotopic (exact) mass is 213 g/mol. The number of carbonyl (C=O) groups is 1. The summed E-state index contributed by atoms with van der Waals surface area (Å²) in [5, 5.41) is 2.76. The van der Waals surface area contributed by atoms with Crippen LogP contribution in [-0.2, 0) is 10.8 Å². The molecule has 0 radical (unpaired) electrons. The van der Waals surface area contributed by atoms with Crippen molar-refractivity contribution in [1.82, 2.24) is 10.3 Å². The first-order valence-electron chi connectivity index (χ1n) is 3.96. The van der Waals surface area contributed by atoms with Crippen molar-refractivity contribution < 1.29 is 9.00 Å². The molecule has 1 heterocycles. The lowest BCUT2D eigenvalue weighted by molar-refractivity contribution is 0.0957. The van der Waals surface area contributed by atoms with Gasteiger partial charge in [-0.3, -0.25) is 9.00 Å². The minimum absolute atomic E-state index is 0.00416. The van der Waals surface area contributed by atoms with Crippen molar-refractivity contribution in [3.63, 3.8) is 0 Å². The standard InChI is InChI=1S/C8H11N3O2S/c1-10-8(12)6-3-2-4-7(11-6)14(13)5-9/h2-4H,5,9H2,1H3,(H,10,12). The van der Waals surface area contributed by atoms with E-state index < -0.39 is 10.8 Å². The number of nitrogens with one attached hydrogen (secondary N) is 1. The Morgan fingerprint density at radius 2 is 2.36 bits per heavy atom. The fourth-order valence-corrected chi connectivity index (χ4v) is 1.48. The average molecular weight is 213 g/mol. The molecular weight excluding hydrogens is 202 g/mol. The van der Waals surface area contributed by atoms with Crippen LogP contribution in [0.3, 0.4) is 0 Å². The minimum atomic E-state index is -1.33. The summed E-state index contributed by atoms with van der Waals surface area (Å²) in [6, 6.07) is 4.76. The van der Waals surface area contributed by atoms with Crippen molar-refractivity contribution in [3.05, 3.63) is 23.9 Å². The fraction of sp³-hybridized carbons (Fsp3) is 0.250. The molecule has 0 aliphatic rings. The largest absolute Gasteiger partial charge is 0.354 e. The third-order valence-corrected chi connectivity index (χ3v) is 2.56. The van der Waals surface area contributed by atoms with E-state index in [1.165, 1.54) is 7.05 Å². The van der Waals surface area contributed by atoms with E-state index in [-0.39, 0.29) is 17.5 Å². The van der Waals surface area contributed by atoms with Crippen LogP contribution in [0.5, 0.6) is 0 Å². The third kappa shape index (κ3) is 2.36. The molecule has 14 heavy (non-hydrogen) atoms. The van der Waals surface area contributed by atoms with Gasteiger partial charge in [-0.05, 0) is 12.1 Å². The van der Waals surface area contributed by atoms with Gasteiger partial charge in [-0.1, -0.05) is 6.07 Å². The van der Waals surface area contributed by atoms with Crippen molar-refractivity contribution in [2.24, 2.45) is 5.73 Å². The molecule has 0 fully saturated rings. The Hall–Kier alpha value is -1.27. The van der Waals surface area contributed by atoms with E-state index in [1.54, 1.807) is 18.2 Å². The highest BCUT2D eigenvalue weighted by Gasteiger charge is 2.08. The lowest BCUT2D eigenvalue weighted by Crippen LogP contribution is -2.20. The summed E-state index contributed by atoms with van der Waals surface area (Å²) in [4.78, 5) is 15.1. The van der Waals surface area contributed by atoms with Gasteiger partial charge in [-0.15, -0.1) is 0 Å². The molecule has 1 atom stereocenters. The number of hydrogen-bond acceptors (Lipinski definition) is 4. The minimum Gasteiger partial charge on any atom is -0.354 e. The van der Waals surface area contributed by atoms with E-state index in [4.69, 9.17) is 5.73 Å². The molecule has 1 rings (SSSR count). The molecule has 0 saturated heterocycles. The van der Waals surface area contributed by atoms with E-state index in [0.717, 1.165) is 0 Å². The number of aromatic nitrogens is 1. The first-order chi connectivity index (χ1) is 6.69. The number of amides is 1. The maximum atomic E-state index is 11.3. The Morgan fingerprint density at radius 3 is 2.93 bits per heavy atom. The Bertz CT molecular complexity index is 336. The SMILES string of the molecule is CNC(=O)c1cccc(S(=O)CN)n1. The molecule has 5 nitrogen and oxygen atoms in total. The molecule has 0 spiro atoms. The first-order valence-corrected chi connectivity index (χ1v) is 5.28. The second-order valence-corrected chi connectivity index (χ2v) is 3.90. The normalized spacial score (nSPS) is 12.1. The molecule has 1 aromatic rings. The highest BCUT2D eigenvalue weighted by atomic mass is 32.2. The van der Waals surface area contributed by atoms with Gasteiger partial charge in [0.15, 0.2) is 0 Å². The predicted molar refractivity (Wildman–Crippen MR) is 53.1 cm³/mol. The Labute approximate surface area is 84.2 Å².